The first kappa shape index (κ1) is 7.54. The van der Waals surface area contributed by atoms with Gasteiger partial charge in [0.2, 0.25) is 0 Å². The Morgan fingerprint density at radius 2 is 2.00 bits per heavy atom. The van der Waals surface area contributed by atoms with Crippen molar-refractivity contribution in [3.05, 3.63) is 48.3 Å². The number of hydrogen-bond donors (Lipinski definition) is 1. The largest absolute Gasteiger partial charge is 0.368 e. The van der Waals surface area contributed by atoms with Gasteiger partial charge in [0, 0.05) is 18.0 Å². The minimum absolute atomic E-state index is 0.650. The Balaban J connectivity index is 3.16. The van der Waals surface area contributed by atoms with Crippen molar-refractivity contribution in [2.24, 2.45) is 0 Å². The fourth-order valence-electron chi connectivity index (χ4n) is 0.676. The van der Waals surface area contributed by atoms with Crippen molar-refractivity contribution in [2.75, 3.05) is 0 Å². The molecule has 0 amide bonds. The first-order valence-electron chi connectivity index (χ1n) is 3.35. The zero-order valence-corrected chi connectivity index (χ0v) is 6.03. The van der Waals surface area contributed by atoms with Crippen LogP contribution in [-0.4, -0.2) is 11.3 Å². The van der Waals surface area contributed by atoms with E-state index in [1.165, 1.54) is 0 Å². The number of H-pyrrole nitrogens is 1. The molecule has 0 atom stereocenters. The van der Waals surface area contributed by atoms with Crippen LogP contribution in [0.2, 0.25) is 0 Å². The average Bonchev–Trinajstić information content (AvgIpc) is 2.16. The summed E-state index contributed by atoms with van der Waals surface area (Å²) in [5.74, 6) is 0. The van der Waals surface area contributed by atoms with Gasteiger partial charge in [-0.3, -0.25) is 4.79 Å². The molecule has 0 aliphatic heterocycles. The maximum atomic E-state index is 10.3. The summed E-state index contributed by atoms with van der Waals surface area (Å²) in [6, 6.07) is 8.99. The van der Waals surface area contributed by atoms with E-state index in [2.05, 4.69) is 4.98 Å². The summed E-state index contributed by atoms with van der Waals surface area (Å²) >= 11 is 0. The molecule has 1 aromatic heterocycles. The molecule has 1 N–H and O–H groups in total. The Morgan fingerprint density at radius 3 is 2.82 bits per heavy atom. The van der Waals surface area contributed by atoms with Gasteiger partial charge in [0.05, 0.1) is 0 Å². The molecule has 2 heteroatoms. The molecule has 1 rings (SSSR count). The first-order chi connectivity index (χ1) is 5.43. The van der Waals surface area contributed by atoms with Gasteiger partial charge in [0.1, 0.15) is 6.29 Å². The first-order valence-corrected chi connectivity index (χ1v) is 3.35. The molecule has 0 radical (unpaired) electrons. The van der Waals surface area contributed by atoms with E-state index >= 15 is 0 Å². The zero-order chi connectivity index (χ0) is 7.94. The topological polar surface area (TPSA) is 32.9 Å². The highest BCUT2D eigenvalue weighted by Crippen LogP contribution is 1.87. The van der Waals surface area contributed by atoms with Crippen LogP contribution in [0.5, 0.6) is 0 Å². The third-order valence-electron chi connectivity index (χ3n) is 1.21. The summed E-state index contributed by atoms with van der Waals surface area (Å²) in [4.78, 5) is 13.2. The molecule has 11 heavy (non-hydrogen) atoms. The lowest BCUT2D eigenvalue weighted by Gasteiger charge is -1.76. The van der Waals surface area contributed by atoms with Crippen LogP contribution in [0.4, 0.5) is 0 Å². The lowest BCUT2D eigenvalue weighted by molar-refractivity contribution is 0.112. The van der Waals surface area contributed by atoms with Crippen LogP contribution in [-0.2, 0) is 0 Å². The molecule has 0 spiro atoms. The molecule has 0 unspecified atom stereocenters. The normalized spacial score (nSPS) is 8.36. The van der Waals surface area contributed by atoms with Gasteiger partial charge in [0.25, 0.3) is 0 Å². The Hall–Kier alpha value is -1.57. The minimum atomic E-state index is 0.650. The molecular formula is C9H9NO. The number of hydrogen-bond acceptors (Lipinski definition) is 1. The SMILES string of the molecule is O=Cc1ccccc[nH]cc1. The lowest BCUT2D eigenvalue weighted by Crippen LogP contribution is -1.71. The summed E-state index contributed by atoms with van der Waals surface area (Å²) in [5.41, 5.74) is 0.650. The van der Waals surface area contributed by atoms with Gasteiger partial charge in [-0.2, -0.15) is 0 Å². The number of rotatable bonds is 1. The summed E-state index contributed by atoms with van der Waals surface area (Å²) in [6.45, 7) is 0. The Labute approximate surface area is 65.2 Å². The molecule has 0 saturated heterocycles. The van der Waals surface area contributed by atoms with Crippen molar-refractivity contribution < 1.29 is 4.79 Å². The van der Waals surface area contributed by atoms with Crippen LogP contribution < -0.4 is 0 Å². The summed E-state index contributed by atoms with van der Waals surface area (Å²) in [5, 5.41) is 0. The second kappa shape index (κ2) is 4.28. The molecular weight excluding hydrogens is 138 g/mol. The van der Waals surface area contributed by atoms with Crippen molar-refractivity contribution in [2.45, 2.75) is 0 Å². The van der Waals surface area contributed by atoms with Crippen LogP contribution in [0.1, 0.15) is 10.4 Å². The molecule has 1 aromatic rings. The summed E-state index contributed by atoms with van der Waals surface area (Å²) in [6.07, 6.45) is 4.31. The fourth-order valence-corrected chi connectivity index (χ4v) is 0.676. The predicted octanol–water partition coefficient (Wildman–Crippen LogP) is 1.95. The molecule has 0 saturated carbocycles. The maximum absolute atomic E-state index is 10.3. The van der Waals surface area contributed by atoms with Crippen molar-refractivity contribution in [1.82, 2.24) is 4.98 Å². The molecule has 0 fully saturated rings. The highest BCUT2D eigenvalue weighted by molar-refractivity contribution is 5.73. The lowest BCUT2D eigenvalue weighted by atomic mass is 10.3. The van der Waals surface area contributed by atoms with E-state index in [-0.39, 0.29) is 0 Å². The van der Waals surface area contributed by atoms with Crippen LogP contribution in [0, 0.1) is 0 Å². The number of aromatic amines is 1. The summed E-state index contributed by atoms with van der Waals surface area (Å²) < 4.78 is 0. The molecule has 0 aromatic carbocycles. The Kier molecular flexibility index (Phi) is 2.93. The Bertz CT molecular complexity index is 253. The smallest absolute Gasteiger partial charge is 0.150 e. The van der Waals surface area contributed by atoms with E-state index in [4.69, 9.17) is 0 Å². The third kappa shape index (κ3) is 2.67. The molecule has 56 valence electrons. The molecule has 2 nitrogen and oxygen atoms in total. The van der Waals surface area contributed by atoms with Crippen molar-refractivity contribution in [3.63, 3.8) is 0 Å². The Morgan fingerprint density at radius 1 is 1.09 bits per heavy atom. The number of nitrogens with one attached hydrogen (secondary N) is 1. The van der Waals surface area contributed by atoms with Crippen molar-refractivity contribution in [1.29, 1.82) is 0 Å². The second-order valence-corrected chi connectivity index (χ2v) is 2.03. The van der Waals surface area contributed by atoms with Crippen LogP contribution in [0.3, 0.4) is 0 Å². The minimum Gasteiger partial charge on any atom is -0.368 e. The highest BCUT2D eigenvalue weighted by Gasteiger charge is 1.78. The fraction of sp³-hybridized carbons (Fsp3) is 0. The zero-order valence-electron chi connectivity index (χ0n) is 6.03. The second-order valence-electron chi connectivity index (χ2n) is 2.03. The number of aromatic nitrogens is 1. The third-order valence-corrected chi connectivity index (χ3v) is 1.21. The van der Waals surface area contributed by atoms with Gasteiger partial charge in [-0.1, -0.05) is 18.2 Å². The maximum Gasteiger partial charge on any atom is 0.150 e. The molecule has 1 heterocycles. The number of carbonyl (C=O) groups excluding carboxylic acids is 1. The highest BCUT2D eigenvalue weighted by atomic mass is 16.1. The van der Waals surface area contributed by atoms with Crippen LogP contribution in [0.15, 0.2) is 42.7 Å². The summed E-state index contributed by atoms with van der Waals surface area (Å²) in [7, 11) is 0. The predicted molar refractivity (Wildman–Crippen MR) is 43.8 cm³/mol. The van der Waals surface area contributed by atoms with Crippen molar-refractivity contribution in [3.8, 4) is 0 Å². The van der Waals surface area contributed by atoms with E-state index in [0.29, 0.717) is 5.56 Å². The molecule has 0 aliphatic rings. The van der Waals surface area contributed by atoms with Crippen LogP contribution >= 0.6 is 0 Å². The molecule has 0 bridgehead atoms. The van der Waals surface area contributed by atoms with Gasteiger partial charge in [0.15, 0.2) is 0 Å². The quantitative estimate of drug-likeness (QED) is 0.605. The van der Waals surface area contributed by atoms with Gasteiger partial charge < -0.3 is 4.98 Å². The monoisotopic (exact) mass is 147 g/mol. The van der Waals surface area contributed by atoms with Crippen LogP contribution in [0.25, 0.3) is 0 Å². The van der Waals surface area contributed by atoms with Gasteiger partial charge in [-0.15, -0.1) is 0 Å². The van der Waals surface area contributed by atoms with E-state index < -0.39 is 0 Å². The standard InChI is InChI=1S/C9H9NO/c11-8-9-4-2-1-3-6-10-7-5-9/h1-8,10H. The van der Waals surface area contributed by atoms with Gasteiger partial charge >= 0.3 is 0 Å². The van der Waals surface area contributed by atoms with E-state index in [9.17, 15) is 4.79 Å². The molecule has 0 aliphatic carbocycles. The van der Waals surface area contributed by atoms with E-state index in [1.807, 2.05) is 18.2 Å². The average molecular weight is 147 g/mol. The van der Waals surface area contributed by atoms with E-state index in [0.717, 1.165) is 6.29 Å². The van der Waals surface area contributed by atoms with Gasteiger partial charge in [-0.25, -0.2) is 0 Å². The number of carbonyl (C=O) groups is 1. The van der Waals surface area contributed by atoms with Crippen molar-refractivity contribution >= 4 is 6.29 Å². The number of aldehydes is 1. The van der Waals surface area contributed by atoms with Gasteiger partial charge in [-0.05, 0) is 12.1 Å². The van der Waals surface area contributed by atoms with E-state index in [1.54, 1.807) is 24.5 Å².